The first-order valence-electron chi connectivity index (χ1n) is 11.3. The van der Waals surface area contributed by atoms with Crippen LogP contribution >= 0.6 is 0 Å². The number of nitrogens with zero attached hydrogens (tertiary/aromatic N) is 1. The van der Waals surface area contributed by atoms with E-state index < -0.39 is 17.6 Å². The van der Waals surface area contributed by atoms with Crippen LogP contribution in [0.3, 0.4) is 0 Å². The molecule has 33 heavy (non-hydrogen) atoms. The van der Waals surface area contributed by atoms with E-state index in [0.717, 1.165) is 16.3 Å². The molecule has 2 aliphatic heterocycles. The maximum Gasteiger partial charge on any atom is 0.308 e. The van der Waals surface area contributed by atoms with E-state index in [4.69, 9.17) is 4.74 Å². The highest BCUT2D eigenvalue weighted by Gasteiger charge is 2.40. The summed E-state index contributed by atoms with van der Waals surface area (Å²) >= 11 is 0. The zero-order valence-corrected chi connectivity index (χ0v) is 18.8. The molecule has 0 aromatic heterocycles. The van der Waals surface area contributed by atoms with Gasteiger partial charge in [-0.2, -0.15) is 0 Å². The summed E-state index contributed by atoms with van der Waals surface area (Å²) in [5, 5.41) is 8.12. The lowest BCUT2D eigenvalue weighted by atomic mass is 9.84. The highest BCUT2D eigenvalue weighted by molar-refractivity contribution is 5.92. The van der Waals surface area contributed by atoms with Crippen molar-refractivity contribution < 1.29 is 23.9 Å². The van der Waals surface area contributed by atoms with Crippen LogP contribution in [0, 0.1) is 0 Å². The smallest absolute Gasteiger partial charge is 0.308 e. The molecule has 2 aromatic rings. The van der Waals surface area contributed by atoms with Crippen molar-refractivity contribution in [3.05, 3.63) is 48.0 Å². The number of ether oxygens (including phenoxy) is 1. The third-order valence-electron chi connectivity index (χ3n) is 6.65. The van der Waals surface area contributed by atoms with Crippen molar-refractivity contribution in [2.24, 2.45) is 0 Å². The van der Waals surface area contributed by atoms with Crippen LogP contribution < -0.4 is 10.6 Å². The zero-order chi connectivity index (χ0) is 23.4. The third kappa shape index (κ3) is 5.16. The van der Waals surface area contributed by atoms with Crippen molar-refractivity contribution in [3.63, 3.8) is 0 Å². The monoisotopic (exact) mass is 451 g/mol. The van der Waals surface area contributed by atoms with E-state index in [1.54, 1.807) is 0 Å². The Hall–Kier alpha value is -3.42. The van der Waals surface area contributed by atoms with Gasteiger partial charge < -0.3 is 20.3 Å². The number of carbonyl (C=O) groups excluding carboxylic acids is 4. The number of amides is 3. The van der Waals surface area contributed by atoms with Crippen LogP contribution in [0.15, 0.2) is 42.5 Å². The molecule has 0 spiro atoms. The highest BCUT2D eigenvalue weighted by Crippen LogP contribution is 2.31. The van der Waals surface area contributed by atoms with Crippen LogP contribution in [0.1, 0.15) is 37.7 Å². The van der Waals surface area contributed by atoms with Crippen molar-refractivity contribution in [2.75, 3.05) is 20.2 Å². The van der Waals surface area contributed by atoms with Gasteiger partial charge >= 0.3 is 5.97 Å². The molecule has 3 amide bonds. The molecule has 8 heteroatoms. The van der Waals surface area contributed by atoms with Gasteiger partial charge in [-0.15, -0.1) is 0 Å². The molecular weight excluding hydrogens is 422 g/mol. The largest absolute Gasteiger partial charge is 0.469 e. The molecule has 2 fully saturated rings. The number of hydrogen-bond donors (Lipinski definition) is 2. The normalized spacial score (nSPS) is 22.7. The molecule has 2 aromatic carbocycles. The number of rotatable bonds is 7. The highest BCUT2D eigenvalue weighted by atomic mass is 16.5. The Morgan fingerprint density at radius 1 is 1.15 bits per heavy atom. The second kappa shape index (κ2) is 9.60. The summed E-state index contributed by atoms with van der Waals surface area (Å²) in [6.07, 6.45) is 2.18. The first-order valence-corrected chi connectivity index (χ1v) is 11.3. The second-order valence-corrected chi connectivity index (χ2v) is 8.86. The second-order valence-electron chi connectivity index (χ2n) is 8.86. The van der Waals surface area contributed by atoms with Crippen molar-refractivity contribution in [1.82, 2.24) is 15.5 Å². The molecule has 2 saturated heterocycles. The summed E-state index contributed by atoms with van der Waals surface area (Å²) in [5.41, 5.74) is 0.592. The van der Waals surface area contributed by atoms with Crippen LogP contribution in [0.5, 0.6) is 0 Å². The summed E-state index contributed by atoms with van der Waals surface area (Å²) < 4.78 is 4.69. The maximum atomic E-state index is 13.1. The van der Waals surface area contributed by atoms with Crippen LogP contribution in [-0.4, -0.2) is 60.4 Å². The molecule has 0 bridgehead atoms. The van der Waals surface area contributed by atoms with E-state index in [9.17, 15) is 19.2 Å². The van der Waals surface area contributed by atoms with E-state index in [1.165, 1.54) is 12.0 Å². The molecular formula is C25H29N3O5. The van der Waals surface area contributed by atoms with Crippen LogP contribution in [0.25, 0.3) is 10.8 Å². The fourth-order valence-corrected chi connectivity index (χ4v) is 4.87. The summed E-state index contributed by atoms with van der Waals surface area (Å²) in [7, 11) is 1.26. The number of benzene rings is 2. The summed E-state index contributed by atoms with van der Waals surface area (Å²) in [5.74, 6) is -1.09. The van der Waals surface area contributed by atoms with Gasteiger partial charge in [-0.05, 0) is 35.6 Å². The predicted octanol–water partition coefficient (Wildman–Crippen LogP) is 1.70. The van der Waals surface area contributed by atoms with E-state index in [0.29, 0.717) is 38.8 Å². The molecule has 0 radical (unpaired) electrons. The van der Waals surface area contributed by atoms with Gasteiger partial charge in [-0.3, -0.25) is 19.2 Å². The lowest BCUT2D eigenvalue weighted by Crippen LogP contribution is -2.58. The van der Waals surface area contributed by atoms with Crippen molar-refractivity contribution in [3.8, 4) is 0 Å². The lowest BCUT2D eigenvalue weighted by Gasteiger charge is -2.36. The zero-order valence-electron chi connectivity index (χ0n) is 18.8. The first-order chi connectivity index (χ1) is 15.9. The molecule has 4 rings (SSSR count). The van der Waals surface area contributed by atoms with Crippen LogP contribution in [-0.2, 0) is 30.3 Å². The van der Waals surface area contributed by atoms with Gasteiger partial charge in [0.1, 0.15) is 6.04 Å². The van der Waals surface area contributed by atoms with Gasteiger partial charge in [-0.25, -0.2) is 0 Å². The van der Waals surface area contributed by atoms with E-state index in [-0.39, 0.29) is 30.6 Å². The maximum absolute atomic E-state index is 13.1. The Bertz CT molecular complexity index is 1080. The van der Waals surface area contributed by atoms with Gasteiger partial charge in [0, 0.05) is 31.5 Å². The summed E-state index contributed by atoms with van der Waals surface area (Å²) in [6.45, 7) is 0.692. The number of fused-ring (bicyclic) bond motifs is 1. The van der Waals surface area contributed by atoms with Gasteiger partial charge in [0.2, 0.25) is 17.7 Å². The van der Waals surface area contributed by atoms with Crippen molar-refractivity contribution in [2.45, 2.75) is 50.1 Å². The van der Waals surface area contributed by atoms with Crippen molar-refractivity contribution >= 4 is 34.5 Å². The number of piperazine rings is 1. The minimum Gasteiger partial charge on any atom is -0.469 e. The first kappa shape index (κ1) is 22.8. The Balaban J connectivity index is 1.48. The predicted molar refractivity (Wildman–Crippen MR) is 122 cm³/mol. The molecule has 0 unspecified atom stereocenters. The molecule has 174 valence electrons. The molecule has 2 heterocycles. The minimum atomic E-state index is -0.867. The Morgan fingerprint density at radius 2 is 1.94 bits per heavy atom. The third-order valence-corrected chi connectivity index (χ3v) is 6.65. The molecule has 8 nitrogen and oxygen atoms in total. The number of nitrogens with one attached hydrogen (secondary N) is 2. The van der Waals surface area contributed by atoms with Gasteiger partial charge in [0.05, 0.1) is 13.5 Å². The number of esters is 1. The van der Waals surface area contributed by atoms with Crippen LogP contribution in [0.4, 0.5) is 0 Å². The Morgan fingerprint density at radius 3 is 2.67 bits per heavy atom. The van der Waals surface area contributed by atoms with Crippen molar-refractivity contribution in [1.29, 1.82) is 0 Å². The number of methoxy groups -OCH3 is 1. The van der Waals surface area contributed by atoms with Gasteiger partial charge in [-0.1, -0.05) is 42.5 Å². The Labute approximate surface area is 192 Å². The lowest BCUT2D eigenvalue weighted by molar-refractivity contribution is -0.150. The average molecular weight is 452 g/mol. The Kier molecular flexibility index (Phi) is 6.62. The standard InChI is InChI=1S/C25H29N3O5/c1-33-23(31)15-20-24(32)26-12-13-28(20)22(30)9-11-25(10-8-21(29)27-25)16-17-6-7-18-4-2-3-5-19(18)14-17/h2-7,14,20H,8-13,15-16H2,1H3,(H,26,32)(H,27,29)/t20-,25-/m0/s1. The van der Waals surface area contributed by atoms with E-state index >= 15 is 0 Å². The number of carbonyl (C=O) groups is 4. The number of hydrogen-bond acceptors (Lipinski definition) is 5. The molecule has 2 atom stereocenters. The SMILES string of the molecule is COC(=O)C[C@H]1C(=O)NCCN1C(=O)CC[C@]1(Cc2ccc3ccccc3c2)CCC(=O)N1. The summed E-state index contributed by atoms with van der Waals surface area (Å²) in [6, 6.07) is 13.5. The molecule has 2 N–H and O–H groups in total. The summed E-state index contributed by atoms with van der Waals surface area (Å²) in [4.78, 5) is 50.8. The fraction of sp³-hybridized carbons (Fsp3) is 0.440. The van der Waals surface area contributed by atoms with Gasteiger partial charge in [0.25, 0.3) is 0 Å². The minimum absolute atomic E-state index is 0.0100. The average Bonchev–Trinajstić information content (AvgIpc) is 3.19. The van der Waals surface area contributed by atoms with E-state index in [2.05, 4.69) is 41.0 Å². The molecule has 0 aliphatic carbocycles. The van der Waals surface area contributed by atoms with Crippen LogP contribution in [0.2, 0.25) is 0 Å². The van der Waals surface area contributed by atoms with E-state index in [1.807, 2.05) is 12.1 Å². The fourth-order valence-electron chi connectivity index (χ4n) is 4.87. The topological polar surface area (TPSA) is 105 Å². The van der Waals surface area contributed by atoms with Gasteiger partial charge in [0.15, 0.2) is 0 Å². The molecule has 0 saturated carbocycles. The molecule has 2 aliphatic rings. The quantitative estimate of drug-likeness (QED) is 0.624.